The largest absolute Gasteiger partial charge is 0.497 e. The minimum atomic E-state index is -0.345. The summed E-state index contributed by atoms with van der Waals surface area (Å²) in [7, 11) is 8.69. The summed E-state index contributed by atoms with van der Waals surface area (Å²) >= 11 is 0. The second-order valence-electron chi connectivity index (χ2n) is 8.71. The molecule has 4 aromatic rings. The number of hydrogen-bond donors (Lipinski definition) is 1. The third kappa shape index (κ3) is 5.15. The summed E-state index contributed by atoms with van der Waals surface area (Å²) in [5, 5.41) is 12.4. The summed E-state index contributed by atoms with van der Waals surface area (Å²) in [5.41, 5.74) is 1.65. The van der Waals surface area contributed by atoms with Crippen LogP contribution in [0, 0.1) is 0 Å². The summed E-state index contributed by atoms with van der Waals surface area (Å²) in [5.74, 6) is 1.56. The summed E-state index contributed by atoms with van der Waals surface area (Å²) in [6.07, 6.45) is 1.63. The first-order valence-corrected chi connectivity index (χ1v) is 11.8. The van der Waals surface area contributed by atoms with Crippen LogP contribution in [0.3, 0.4) is 0 Å². The van der Waals surface area contributed by atoms with E-state index in [9.17, 15) is 9.90 Å². The summed E-state index contributed by atoms with van der Waals surface area (Å²) in [6, 6.07) is 20.1. The van der Waals surface area contributed by atoms with Gasteiger partial charge in [-0.15, -0.1) is 0 Å². The molecule has 0 saturated carbocycles. The molecule has 8 heteroatoms. The van der Waals surface area contributed by atoms with Crippen LogP contribution in [-0.4, -0.2) is 62.8 Å². The van der Waals surface area contributed by atoms with Gasteiger partial charge in [-0.05, 0) is 50.0 Å². The van der Waals surface area contributed by atoms with Crippen molar-refractivity contribution in [2.24, 2.45) is 4.99 Å². The number of pyridine rings is 1. The molecule has 1 heterocycles. The van der Waals surface area contributed by atoms with Crippen molar-refractivity contribution in [3.05, 3.63) is 88.2 Å². The van der Waals surface area contributed by atoms with Gasteiger partial charge in [-0.3, -0.25) is 9.79 Å². The molecule has 8 nitrogen and oxygen atoms in total. The lowest BCUT2D eigenvalue weighted by Gasteiger charge is -2.23. The Hall–Kier alpha value is -4.30. The maximum Gasteiger partial charge on any atom is 0.265 e. The molecule has 0 aliphatic rings. The molecule has 37 heavy (non-hydrogen) atoms. The molecule has 1 atom stereocenters. The van der Waals surface area contributed by atoms with Gasteiger partial charge in [0.2, 0.25) is 5.88 Å². The zero-order valence-corrected chi connectivity index (χ0v) is 21.6. The number of methoxy groups -OCH3 is 3. The number of aromatic nitrogens is 1. The van der Waals surface area contributed by atoms with Crippen molar-refractivity contribution < 1.29 is 19.3 Å². The Labute approximate surface area is 216 Å². The van der Waals surface area contributed by atoms with Crippen LogP contribution >= 0.6 is 0 Å². The van der Waals surface area contributed by atoms with Crippen molar-refractivity contribution in [2.75, 3.05) is 42.0 Å². The third-order valence-corrected chi connectivity index (χ3v) is 6.35. The van der Waals surface area contributed by atoms with Gasteiger partial charge in [-0.1, -0.05) is 30.3 Å². The van der Waals surface area contributed by atoms with E-state index in [4.69, 9.17) is 19.2 Å². The molecule has 0 unspecified atom stereocenters. The van der Waals surface area contributed by atoms with E-state index >= 15 is 0 Å². The molecular formula is C29H31N3O5. The molecule has 0 fully saturated rings. The highest BCUT2D eigenvalue weighted by atomic mass is 16.5. The maximum atomic E-state index is 13.4. The van der Waals surface area contributed by atoms with Gasteiger partial charge in [0.05, 0.1) is 45.2 Å². The highest BCUT2D eigenvalue weighted by Gasteiger charge is 2.18. The molecule has 1 aromatic heterocycles. The number of fused-ring (bicyclic) bond motifs is 1. The Morgan fingerprint density at radius 1 is 0.919 bits per heavy atom. The van der Waals surface area contributed by atoms with Crippen LogP contribution in [0.2, 0.25) is 0 Å². The van der Waals surface area contributed by atoms with Crippen molar-refractivity contribution in [1.82, 2.24) is 9.47 Å². The number of likely N-dealkylation sites (N-methyl/N-ethyl adjacent to an activating group) is 1. The molecule has 4 rings (SSSR count). The van der Waals surface area contributed by atoms with Crippen LogP contribution in [0.15, 0.2) is 76.5 Å². The lowest BCUT2D eigenvalue weighted by atomic mass is 10.1. The van der Waals surface area contributed by atoms with Gasteiger partial charge in [0.25, 0.3) is 5.56 Å². The predicted octanol–water partition coefficient (Wildman–Crippen LogP) is 4.44. The SMILES string of the molecule is COc1ccc([C@H](CN=Cc2c(O)n(-c3ccc(OC)c(OC)c3)c(=O)c3ccccc23)N(C)C)cc1. The highest BCUT2D eigenvalue weighted by molar-refractivity contribution is 6.01. The number of nitrogens with zero attached hydrogens (tertiary/aromatic N) is 3. The van der Waals surface area contributed by atoms with Gasteiger partial charge in [0, 0.05) is 23.1 Å². The minimum Gasteiger partial charge on any atom is -0.497 e. The van der Waals surface area contributed by atoms with E-state index in [0.717, 1.165) is 11.3 Å². The maximum absolute atomic E-state index is 13.4. The predicted molar refractivity (Wildman–Crippen MR) is 146 cm³/mol. The Morgan fingerprint density at radius 2 is 1.59 bits per heavy atom. The van der Waals surface area contributed by atoms with E-state index in [1.807, 2.05) is 50.5 Å². The minimum absolute atomic E-state index is 0.00678. The molecule has 1 N–H and O–H groups in total. The van der Waals surface area contributed by atoms with Crippen molar-refractivity contribution in [3.8, 4) is 28.8 Å². The van der Waals surface area contributed by atoms with Crippen molar-refractivity contribution >= 4 is 17.0 Å². The van der Waals surface area contributed by atoms with Crippen LogP contribution in [-0.2, 0) is 0 Å². The first kappa shape index (κ1) is 25.8. The van der Waals surface area contributed by atoms with E-state index in [1.165, 1.54) is 11.7 Å². The van der Waals surface area contributed by atoms with Crippen LogP contribution in [0.1, 0.15) is 17.2 Å². The Bertz CT molecular complexity index is 1480. The number of aliphatic imine (C=N–C) groups is 1. The second-order valence-corrected chi connectivity index (χ2v) is 8.71. The molecule has 0 aliphatic carbocycles. The molecule has 3 aromatic carbocycles. The molecule has 0 amide bonds. The Kier molecular flexibility index (Phi) is 7.79. The number of ether oxygens (including phenoxy) is 3. The molecule has 0 bridgehead atoms. The fourth-order valence-corrected chi connectivity index (χ4v) is 4.33. The van der Waals surface area contributed by atoms with Crippen LogP contribution in [0.25, 0.3) is 16.5 Å². The van der Waals surface area contributed by atoms with E-state index in [2.05, 4.69) is 4.90 Å². The van der Waals surface area contributed by atoms with E-state index < -0.39 is 0 Å². The molecule has 0 radical (unpaired) electrons. The van der Waals surface area contributed by atoms with Crippen LogP contribution in [0.4, 0.5) is 0 Å². The number of rotatable bonds is 9. The number of benzene rings is 3. The van der Waals surface area contributed by atoms with E-state index in [1.54, 1.807) is 50.8 Å². The van der Waals surface area contributed by atoms with Gasteiger partial charge in [-0.2, -0.15) is 0 Å². The van der Waals surface area contributed by atoms with Crippen molar-refractivity contribution in [1.29, 1.82) is 0 Å². The average Bonchev–Trinajstić information content (AvgIpc) is 2.92. The normalized spacial score (nSPS) is 12.3. The average molecular weight is 502 g/mol. The van der Waals surface area contributed by atoms with Crippen LogP contribution in [0.5, 0.6) is 23.1 Å². The lowest BCUT2D eigenvalue weighted by molar-refractivity contribution is 0.306. The summed E-state index contributed by atoms with van der Waals surface area (Å²) in [6.45, 7) is 0.447. The van der Waals surface area contributed by atoms with Crippen molar-refractivity contribution in [2.45, 2.75) is 6.04 Å². The zero-order valence-electron chi connectivity index (χ0n) is 21.6. The first-order valence-electron chi connectivity index (χ1n) is 11.8. The second kappa shape index (κ2) is 11.2. The first-order chi connectivity index (χ1) is 17.9. The molecule has 0 spiro atoms. The van der Waals surface area contributed by atoms with Crippen LogP contribution < -0.4 is 19.8 Å². The Morgan fingerprint density at radius 3 is 2.22 bits per heavy atom. The Balaban J connectivity index is 1.78. The zero-order chi connectivity index (χ0) is 26.5. The monoisotopic (exact) mass is 501 g/mol. The molecule has 0 saturated heterocycles. The topological polar surface area (TPSA) is 85.5 Å². The molecule has 192 valence electrons. The van der Waals surface area contributed by atoms with E-state index in [0.29, 0.717) is 40.1 Å². The van der Waals surface area contributed by atoms with E-state index in [-0.39, 0.29) is 17.5 Å². The van der Waals surface area contributed by atoms with Gasteiger partial charge in [0.1, 0.15) is 5.75 Å². The fourth-order valence-electron chi connectivity index (χ4n) is 4.33. The van der Waals surface area contributed by atoms with Gasteiger partial charge < -0.3 is 24.2 Å². The summed E-state index contributed by atoms with van der Waals surface area (Å²) < 4.78 is 17.3. The fraction of sp³-hybridized carbons (Fsp3) is 0.241. The van der Waals surface area contributed by atoms with Gasteiger partial charge >= 0.3 is 0 Å². The number of aromatic hydroxyl groups is 1. The summed E-state index contributed by atoms with van der Waals surface area (Å²) in [4.78, 5) is 20.2. The highest BCUT2D eigenvalue weighted by Crippen LogP contribution is 2.32. The molecule has 0 aliphatic heterocycles. The third-order valence-electron chi connectivity index (χ3n) is 6.35. The van der Waals surface area contributed by atoms with Crippen molar-refractivity contribution in [3.63, 3.8) is 0 Å². The van der Waals surface area contributed by atoms with Gasteiger partial charge in [0.15, 0.2) is 11.5 Å². The smallest absolute Gasteiger partial charge is 0.265 e. The lowest BCUT2D eigenvalue weighted by Crippen LogP contribution is -2.23. The standard InChI is InChI=1S/C29H31N3O5/c1-31(2)25(19-10-13-21(35-3)14-11-19)18-30-17-24-22-8-6-7-9-23(22)28(33)32(29(24)34)20-12-15-26(36-4)27(16-20)37-5/h6-17,25,34H,18H2,1-5H3/t25-/m0/s1. The number of hydrogen-bond acceptors (Lipinski definition) is 7. The van der Waals surface area contributed by atoms with Gasteiger partial charge in [-0.25, -0.2) is 4.57 Å². The molecular weight excluding hydrogens is 470 g/mol. The quantitative estimate of drug-likeness (QED) is 0.341.